The van der Waals surface area contributed by atoms with Crippen molar-refractivity contribution >= 4 is 0 Å². The Balaban J connectivity index is 0.000000109. The fourth-order valence-corrected chi connectivity index (χ4v) is 13.4. The Morgan fingerprint density at radius 2 is 0.901 bits per heavy atom. The summed E-state index contributed by atoms with van der Waals surface area (Å²) in [6.45, 7) is 16.8. The Kier molecular flexibility index (Phi) is 10.8. The van der Waals surface area contributed by atoms with Gasteiger partial charge in [-0.05, 0) is 70.7 Å². The smallest absolute Gasteiger partial charge is 0.251 e. The second-order valence-electron chi connectivity index (χ2n) is 23.8. The summed E-state index contributed by atoms with van der Waals surface area (Å²) in [6, 6.07) is 19.2. The lowest BCUT2D eigenvalue weighted by Crippen LogP contribution is -2.77. The molecule has 0 amide bonds. The standard InChI is InChI=1S/C23H22F3N7.2C18H13F3N8/c1-13-8-17-16-9-15(21(3,4)5)6-7-30(16)23(32(17)28-13)31-12-14(2)27-11-19(31)18-10-20(22(24,25)26)29-33(18)23;1-10-14-13-9-22-6-8-27(13)18(28(14)25-15(10)17(19,20)21)26-7-4-3-5-12(26)16-23-11(2)24-29(16)18;1-10-9-27-14(8-22-10)13-7-15(17(19,20)21)25-28(13)18(27)26-6-4-3-5-12(26)16-23-11(2)24-29(16)18/h6-12H,1-5H3;2*3-9H,1-2H3/q3*+2. The van der Waals surface area contributed by atoms with Gasteiger partial charge in [-0.2, -0.15) is 59.9 Å². The zero-order valence-electron chi connectivity index (χ0n) is 49.3. The van der Waals surface area contributed by atoms with Crippen molar-refractivity contribution in [2.24, 2.45) is 0 Å². The van der Waals surface area contributed by atoms with E-state index in [9.17, 15) is 39.5 Å². The van der Waals surface area contributed by atoms with Crippen LogP contribution < -0.4 is 27.4 Å². The first-order valence-corrected chi connectivity index (χ1v) is 28.3. The van der Waals surface area contributed by atoms with Crippen molar-refractivity contribution in [3.8, 4) is 68.6 Å². The van der Waals surface area contributed by atoms with Crippen LogP contribution in [0.4, 0.5) is 39.5 Å². The maximum atomic E-state index is 13.7. The van der Waals surface area contributed by atoms with Crippen LogP contribution in [0.5, 0.6) is 0 Å². The van der Waals surface area contributed by atoms with Crippen LogP contribution in [0.1, 0.15) is 77.7 Å². The van der Waals surface area contributed by atoms with Crippen molar-refractivity contribution < 1.29 is 66.9 Å². The molecule has 0 radical (unpaired) electrons. The highest BCUT2D eigenvalue weighted by Gasteiger charge is 2.74. The normalized spacial score (nSPS) is 18.6. The minimum Gasteiger partial charge on any atom is -0.251 e. The van der Waals surface area contributed by atoms with Crippen LogP contribution in [0.3, 0.4) is 0 Å². The third kappa shape index (κ3) is 7.13. The lowest BCUT2D eigenvalue weighted by Gasteiger charge is -2.19. The van der Waals surface area contributed by atoms with Crippen LogP contribution in [-0.2, 0) is 41.7 Å². The molecule has 0 aromatic carbocycles. The average Bonchev–Trinajstić information content (AvgIpc) is 1.52. The molecular weight excluding hydrogens is 1200 g/mol. The molecule has 0 fully saturated rings. The number of aromatic nitrogens is 23. The topological polar surface area (TPSA) is 195 Å². The fourth-order valence-electron chi connectivity index (χ4n) is 13.4. The molecule has 456 valence electrons. The number of hydrogen-bond donors (Lipinski definition) is 0. The number of fused-ring (bicyclic) bond motifs is 30. The summed E-state index contributed by atoms with van der Waals surface area (Å²) in [7, 11) is 0. The second-order valence-corrected chi connectivity index (χ2v) is 23.8. The van der Waals surface area contributed by atoms with Gasteiger partial charge < -0.3 is 0 Å². The molecule has 0 aliphatic carbocycles. The largest absolute Gasteiger partial charge is 0.584 e. The maximum Gasteiger partial charge on any atom is 0.584 e. The van der Waals surface area contributed by atoms with E-state index >= 15 is 0 Å². The Morgan fingerprint density at radius 1 is 0.418 bits per heavy atom. The van der Waals surface area contributed by atoms with Gasteiger partial charge in [0.25, 0.3) is 28.5 Å². The highest BCUT2D eigenvalue weighted by molar-refractivity contribution is 5.62. The second kappa shape index (κ2) is 17.7. The molecule has 3 unspecified atom stereocenters. The molecular formula is C59H48F9N23+6. The van der Waals surface area contributed by atoms with E-state index in [0.717, 1.165) is 51.9 Å². The van der Waals surface area contributed by atoms with Gasteiger partial charge in [0.15, 0.2) is 59.0 Å². The zero-order valence-corrected chi connectivity index (χ0v) is 49.3. The highest BCUT2D eigenvalue weighted by Crippen LogP contribution is 2.45. The average molecular weight is 1250 g/mol. The third-order valence-corrected chi connectivity index (χ3v) is 17.0. The molecule has 0 saturated heterocycles. The zero-order chi connectivity index (χ0) is 63.8. The Bertz CT molecular complexity index is 5060. The van der Waals surface area contributed by atoms with Gasteiger partial charge in [0.2, 0.25) is 29.7 Å². The van der Waals surface area contributed by atoms with Gasteiger partial charge in [0, 0.05) is 54.1 Å². The van der Waals surface area contributed by atoms with Gasteiger partial charge in [0.05, 0.1) is 11.9 Å². The number of nitrogens with zero attached hydrogens (tertiary/aromatic N) is 23. The predicted octanol–water partition coefficient (Wildman–Crippen LogP) is 5.66. The summed E-state index contributed by atoms with van der Waals surface area (Å²) in [5, 5.41) is 25.9. The minimum atomic E-state index is -4.58. The van der Waals surface area contributed by atoms with Crippen LogP contribution in [0.15, 0.2) is 129 Å². The number of pyridine rings is 3. The molecule has 6 aliphatic heterocycles. The van der Waals surface area contributed by atoms with Crippen LogP contribution in [-0.4, -0.2) is 83.6 Å². The summed E-state index contributed by atoms with van der Waals surface area (Å²) < 4.78 is 143. The number of aryl methyl sites for hydroxylation is 5. The van der Waals surface area contributed by atoms with E-state index in [1.807, 2.05) is 109 Å². The molecule has 18 heterocycles. The third-order valence-electron chi connectivity index (χ3n) is 17.0. The monoisotopic (exact) mass is 1250 g/mol. The first-order chi connectivity index (χ1) is 43.1. The van der Waals surface area contributed by atoms with E-state index in [0.29, 0.717) is 63.2 Å². The quantitative estimate of drug-likeness (QED) is 0.134. The molecule has 32 heteroatoms. The van der Waals surface area contributed by atoms with Crippen molar-refractivity contribution in [3.63, 3.8) is 0 Å². The van der Waals surface area contributed by atoms with Crippen LogP contribution in [0.25, 0.3) is 68.6 Å². The van der Waals surface area contributed by atoms with Gasteiger partial charge in [-0.15, -0.1) is 28.9 Å². The molecule has 3 spiro atoms. The number of rotatable bonds is 0. The molecule has 0 bridgehead atoms. The molecule has 0 N–H and O–H groups in total. The summed E-state index contributed by atoms with van der Waals surface area (Å²) in [5.74, 6) is -1.86. The van der Waals surface area contributed by atoms with Crippen molar-refractivity contribution in [2.45, 2.75) is 104 Å². The first-order valence-electron chi connectivity index (χ1n) is 28.3. The predicted molar refractivity (Wildman–Crippen MR) is 291 cm³/mol. The maximum absolute atomic E-state index is 13.7. The van der Waals surface area contributed by atoms with E-state index in [4.69, 9.17) is 5.10 Å². The van der Waals surface area contributed by atoms with E-state index in [1.165, 1.54) is 21.0 Å². The van der Waals surface area contributed by atoms with E-state index in [-0.39, 0.29) is 11.0 Å². The lowest BCUT2D eigenvalue weighted by atomic mass is 9.87. The number of alkyl halides is 9. The molecule has 6 aliphatic rings. The lowest BCUT2D eigenvalue weighted by molar-refractivity contribution is -0.991. The van der Waals surface area contributed by atoms with Gasteiger partial charge in [-0.1, -0.05) is 57.5 Å². The van der Waals surface area contributed by atoms with Crippen molar-refractivity contribution in [1.29, 1.82) is 0 Å². The SMILES string of the molecule is Cc1c[n+]2c(cn1)-c1cc(C(F)(F)F)nn1C21n2nc(C)cc2-c2cc(C(C)(C)C)cc[n+]21.Cc1c[n+]2c(cn1)-c1cc(C(F)(F)F)nn1C21n2nc(C)nc2-c2cccc[n+]21.Cc1nc2n(n1)C1(n3nc(C(F)(F)F)c(C)c3-c3cncc[n+]31)[n+]1ccccc1-2. The fraction of sp³-hybridized carbons (Fsp3) is 0.271. The van der Waals surface area contributed by atoms with Crippen molar-refractivity contribution in [3.05, 3.63) is 186 Å². The van der Waals surface area contributed by atoms with Crippen LogP contribution in [0.2, 0.25) is 0 Å². The Hall–Kier alpha value is -10.8. The van der Waals surface area contributed by atoms with E-state index in [2.05, 4.69) is 77.3 Å². The number of hydrogen-bond acceptors (Lipinski definition) is 11. The molecule has 18 rings (SSSR count). The van der Waals surface area contributed by atoms with E-state index in [1.54, 1.807) is 77.5 Å². The molecule has 12 aromatic heterocycles. The molecule has 0 saturated carbocycles. The molecule has 12 aromatic rings. The summed E-state index contributed by atoms with van der Waals surface area (Å²) in [5.41, 5.74) is 6.02. The summed E-state index contributed by atoms with van der Waals surface area (Å²) >= 11 is 0. The minimum absolute atomic E-state index is 0.0412. The Labute approximate surface area is 507 Å². The van der Waals surface area contributed by atoms with Crippen molar-refractivity contribution in [2.75, 3.05) is 0 Å². The summed E-state index contributed by atoms with van der Waals surface area (Å²) in [4.78, 5) is 21.8. The molecule has 3 atom stereocenters. The molecule has 91 heavy (non-hydrogen) atoms. The first kappa shape index (κ1) is 55.5. The van der Waals surface area contributed by atoms with Gasteiger partial charge >= 0.3 is 36.3 Å². The van der Waals surface area contributed by atoms with E-state index < -0.39 is 53.3 Å². The Morgan fingerprint density at radius 3 is 1.42 bits per heavy atom. The van der Waals surface area contributed by atoms with Gasteiger partial charge in [-0.3, -0.25) is 4.98 Å². The van der Waals surface area contributed by atoms with Gasteiger partial charge in [0.1, 0.15) is 47.3 Å². The number of halogens is 9. The van der Waals surface area contributed by atoms with Crippen LogP contribution >= 0.6 is 0 Å². The van der Waals surface area contributed by atoms with Gasteiger partial charge in [-0.25, -0.2) is 19.9 Å². The summed E-state index contributed by atoms with van der Waals surface area (Å²) in [6.07, 6.45) is 3.36. The molecule has 23 nitrogen and oxygen atoms in total. The highest BCUT2D eigenvalue weighted by atomic mass is 19.4. The van der Waals surface area contributed by atoms with Crippen LogP contribution in [0, 0.1) is 41.5 Å². The van der Waals surface area contributed by atoms with Crippen molar-refractivity contribution in [1.82, 2.24) is 83.6 Å².